The molecule has 0 bridgehead atoms. The third-order valence-electron chi connectivity index (χ3n) is 3.26. The van der Waals surface area contributed by atoms with E-state index in [0.29, 0.717) is 5.56 Å². The van der Waals surface area contributed by atoms with Crippen LogP contribution in [-0.4, -0.2) is 6.54 Å². The van der Waals surface area contributed by atoms with Crippen molar-refractivity contribution in [2.75, 3.05) is 6.54 Å². The second kappa shape index (κ2) is 5.57. The van der Waals surface area contributed by atoms with E-state index in [1.807, 2.05) is 39.8 Å². The van der Waals surface area contributed by atoms with Crippen LogP contribution in [-0.2, 0) is 0 Å². The zero-order chi connectivity index (χ0) is 14.0. The van der Waals surface area contributed by atoms with Crippen molar-refractivity contribution >= 4 is 0 Å². The second-order valence-electron chi connectivity index (χ2n) is 4.96. The van der Waals surface area contributed by atoms with Gasteiger partial charge >= 0.3 is 0 Å². The molecule has 1 aromatic heterocycles. The van der Waals surface area contributed by atoms with Crippen LogP contribution in [0.15, 0.2) is 28.9 Å². The molecular weight excluding hydrogens is 241 g/mol. The summed E-state index contributed by atoms with van der Waals surface area (Å²) < 4.78 is 19.7. The summed E-state index contributed by atoms with van der Waals surface area (Å²) in [6, 6.07) is 5.38. The number of benzene rings is 1. The zero-order valence-electron chi connectivity index (χ0n) is 11.9. The van der Waals surface area contributed by atoms with Gasteiger partial charge in [0.25, 0.3) is 0 Å². The van der Waals surface area contributed by atoms with Crippen LogP contribution < -0.4 is 5.32 Å². The summed E-state index contributed by atoms with van der Waals surface area (Å²) in [6.07, 6.45) is 1.70. The van der Waals surface area contributed by atoms with Crippen molar-refractivity contribution in [2.24, 2.45) is 0 Å². The molecule has 1 N–H and O–H groups in total. The van der Waals surface area contributed by atoms with E-state index in [9.17, 15) is 4.39 Å². The molecular formula is C16H20FNO. The molecule has 0 fully saturated rings. The van der Waals surface area contributed by atoms with E-state index in [2.05, 4.69) is 5.32 Å². The van der Waals surface area contributed by atoms with Crippen molar-refractivity contribution in [1.82, 2.24) is 5.32 Å². The van der Waals surface area contributed by atoms with Crippen molar-refractivity contribution in [3.8, 4) is 0 Å². The van der Waals surface area contributed by atoms with Crippen molar-refractivity contribution in [2.45, 2.75) is 33.7 Å². The van der Waals surface area contributed by atoms with Gasteiger partial charge in [0.05, 0.1) is 12.3 Å². The lowest BCUT2D eigenvalue weighted by molar-refractivity contribution is 0.519. The van der Waals surface area contributed by atoms with E-state index in [1.165, 1.54) is 0 Å². The molecule has 0 spiro atoms. The molecule has 102 valence electrons. The molecule has 2 aromatic rings. The maximum Gasteiger partial charge on any atom is 0.128 e. The summed E-state index contributed by atoms with van der Waals surface area (Å²) >= 11 is 0. The maximum atomic E-state index is 14.3. The molecule has 2 nitrogen and oxygen atoms in total. The van der Waals surface area contributed by atoms with Crippen LogP contribution in [0.5, 0.6) is 0 Å². The number of hydrogen-bond acceptors (Lipinski definition) is 2. The van der Waals surface area contributed by atoms with E-state index in [1.54, 1.807) is 12.3 Å². The number of rotatable bonds is 4. The standard InChI is InChI=1S/C16H20FNO/c1-5-18-16(13-8-12(4)19-9-13)15-11(3)6-10(2)7-14(15)17/h6-9,16,18H,5H2,1-4H3. The molecule has 1 heterocycles. The molecule has 19 heavy (non-hydrogen) atoms. The first-order chi connectivity index (χ1) is 9.02. The van der Waals surface area contributed by atoms with Gasteiger partial charge in [-0.05, 0) is 50.6 Å². The first kappa shape index (κ1) is 13.8. The number of furan rings is 1. The molecule has 1 unspecified atom stereocenters. The van der Waals surface area contributed by atoms with Crippen molar-refractivity contribution < 1.29 is 8.81 Å². The fourth-order valence-corrected chi connectivity index (χ4v) is 2.50. The smallest absolute Gasteiger partial charge is 0.128 e. The monoisotopic (exact) mass is 261 g/mol. The van der Waals surface area contributed by atoms with Crippen LogP contribution in [0.3, 0.4) is 0 Å². The molecule has 0 aliphatic heterocycles. The van der Waals surface area contributed by atoms with Crippen LogP contribution in [0.2, 0.25) is 0 Å². The summed E-state index contributed by atoms with van der Waals surface area (Å²) in [4.78, 5) is 0. The van der Waals surface area contributed by atoms with Gasteiger partial charge in [-0.1, -0.05) is 13.0 Å². The van der Waals surface area contributed by atoms with Crippen molar-refractivity contribution in [1.29, 1.82) is 0 Å². The first-order valence-electron chi connectivity index (χ1n) is 6.58. The molecule has 0 saturated heterocycles. The summed E-state index contributed by atoms with van der Waals surface area (Å²) in [7, 11) is 0. The quantitative estimate of drug-likeness (QED) is 0.898. The van der Waals surface area contributed by atoms with Gasteiger partial charge in [-0.15, -0.1) is 0 Å². The molecule has 0 aliphatic carbocycles. The lowest BCUT2D eigenvalue weighted by Gasteiger charge is -2.20. The minimum Gasteiger partial charge on any atom is -0.469 e. The van der Waals surface area contributed by atoms with Gasteiger partial charge in [0.2, 0.25) is 0 Å². The predicted molar refractivity (Wildman–Crippen MR) is 74.8 cm³/mol. The van der Waals surface area contributed by atoms with E-state index in [4.69, 9.17) is 4.42 Å². The summed E-state index contributed by atoms with van der Waals surface area (Å²) in [5.74, 6) is 0.672. The highest BCUT2D eigenvalue weighted by atomic mass is 19.1. The van der Waals surface area contributed by atoms with Gasteiger partial charge in [0.15, 0.2) is 0 Å². The number of hydrogen-bond donors (Lipinski definition) is 1. The molecule has 2 rings (SSSR count). The van der Waals surface area contributed by atoms with Crippen LogP contribution in [0.1, 0.15) is 41.0 Å². The van der Waals surface area contributed by atoms with Gasteiger partial charge in [-0.25, -0.2) is 4.39 Å². The Morgan fingerprint density at radius 2 is 1.95 bits per heavy atom. The fraction of sp³-hybridized carbons (Fsp3) is 0.375. The largest absolute Gasteiger partial charge is 0.469 e. The average molecular weight is 261 g/mol. The SMILES string of the molecule is CCNC(c1coc(C)c1)c1c(C)cc(C)cc1F. The Labute approximate surface area is 113 Å². The Kier molecular flexibility index (Phi) is 4.05. The van der Waals surface area contributed by atoms with E-state index >= 15 is 0 Å². The van der Waals surface area contributed by atoms with Crippen molar-refractivity contribution in [3.63, 3.8) is 0 Å². The third kappa shape index (κ3) is 2.87. The summed E-state index contributed by atoms with van der Waals surface area (Å²) in [5, 5.41) is 3.33. The van der Waals surface area contributed by atoms with E-state index < -0.39 is 0 Å². The van der Waals surface area contributed by atoms with Gasteiger partial charge < -0.3 is 9.73 Å². The lowest BCUT2D eigenvalue weighted by atomic mass is 9.94. The maximum absolute atomic E-state index is 14.3. The van der Waals surface area contributed by atoms with Gasteiger partial charge in [-0.3, -0.25) is 0 Å². The Hall–Kier alpha value is -1.61. The van der Waals surface area contributed by atoms with E-state index in [-0.39, 0.29) is 11.9 Å². The molecule has 1 atom stereocenters. The second-order valence-corrected chi connectivity index (χ2v) is 4.96. The first-order valence-corrected chi connectivity index (χ1v) is 6.58. The molecule has 0 saturated carbocycles. The minimum atomic E-state index is -0.165. The van der Waals surface area contributed by atoms with E-state index in [0.717, 1.165) is 29.0 Å². The van der Waals surface area contributed by atoms with Crippen LogP contribution in [0.25, 0.3) is 0 Å². The Bertz CT molecular complexity index is 551. The summed E-state index contributed by atoms with van der Waals surface area (Å²) in [6.45, 7) is 8.53. The number of nitrogens with one attached hydrogen (secondary N) is 1. The van der Waals surface area contributed by atoms with Crippen LogP contribution in [0, 0.1) is 26.6 Å². The molecule has 0 amide bonds. The Morgan fingerprint density at radius 3 is 2.47 bits per heavy atom. The Balaban J connectivity index is 2.51. The fourth-order valence-electron chi connectivity index (χ4n) is 2.50. The van der Waals surface area contributed by atoms with Gasteiger partial charge in [0.1, 0.15) is 11.6 Å². The Morgan fingerprint density at radius 1 is 1.21 bits per heavy atom. The van der Waals surface area contributed by atoms with Gasteiger partial charge in [-0.2, -0.15) is 0 Å². The lowest BCUT2D eigenvalue weighted by Crippen LogP contribution is -2.23. The number of halogens is 1. The minimum absolute atomic E-state index is 0.164. The highest BCUT2D eigenvalue weighted by Gasteiger charge is 2.21. The molecule has 3 heteroatoms. The summed E-state index contributed by atoms with van der Waals surface area (Å²) in [5.41, 5.74) is 3.57. The third-order valence-corrected chi connectivity index (χ3v) is 3.26. The zero-order valence-corrected chi connectivity index (χ0v) is 11.9. The molecule has 0 aliphatic rings. The topological polar surface area (TPSA) is 25.2 Å². The van der Waals surface area contributed by atoms with Crippen LogP contribution in [0.4, 0.5) is 4.39 Å². The predicted octanol–water partition coefficient (Wildman–Crippen LogP) is 4.04. The highest BCUT2D eigenvalue weighted by Crippen LogP contribution is 2.29. The van der Waals surface area contributed by atoms with Gasteiger partial charge in [0, 0.05) is 11.1 Å². The molecule has 1 aromatic carbocycles. The normalized spacial score (nSPS) is 12.7. The molecule has 0 radical (unpaired) electrons. The average Bonchev–Trinajstić information content (AvgIpc) is 2.73. The highest BCUT2D eigenvalue weighted by molar-refractivity contribution is 5.39. The van der Waals surface area contributed by atoms with Crippen molar-refractivity contribution in [3.05, 3.63) is 58.3 Å². The van der Waals surface area contributed by atoms with Crippen LogP contribution >= 0.6 is 0 Å². The number of aryl methyl sites for hydroxylation is 3.